The van der Waals surface area contributed by atoms with Gasteiger partial charge >= 0.3 is 12.7 Å². The van der Waals surface area contributed by atoms with Crippen LogP contribution in [-0.4, -0.2) is 64.0 Å². The first-order valence-corrected chi connectivity index (χ1v) is 13.1. The summed E-state index contributed by atoms with van der Waals surface area (Å²) in [7, 11) is 2.13. The van der Waals surface area contributed by atoms with E-state index in [0.717, 1.165) is 31.3 Å². The summed E-state index contributed by atoms with van der Waals surface area (Å²) in [5, 5.41) is 23.5. The van der Waals surface area contributed by atoms with Gasteiger partial charge in [0.25, 0.3) is 17.8 Å². The molecule has 17 heteroatoms. The standard InChI is InChI=1S/C27H27ClF6N6O4/c1-24(25(2,31)32,26(3,33)34)19-18(44-22(29)30)20(39(4)38-19)37-12-15(11-35)14-6-7-17(28)16(10-14)21(41)40(23(42)43-5)27(13-36)8-9-27/h6-7,10-12,22,35,37H,8-9H2,1-5H3/b15-12+,35-11?. The minimum absolute atomic E-state index is 0.0584. The Morgan fingerprint density at radius 3 is 2.27 bits per heavy atom. The molecule has 1 aromatic carbocycles. The van der Waals surface area contributed by atoms with Gasteiger partial charge in [0.15, 0.2) is 11.6 Å². The number of halogens is 7. The minimum atomic E-state index is -4.16. The second-order valence-electron chi connectivity index (χ2n) is 10.3. The summed E-state index contributed by atoms with van der Waals surface area (Å²) in [6.07, 6.45) is 1.10. The third-order valence-electron chi connectivity index (χ3n) is 7.41. The van der Waals surface area contributed by atoms with Crippen molar-refractivity contribution in [2.45, 2.75) is 63.0 Å². The van der Waals surface area contributed by atoms with Crippen molar-refractivity contribution in [2.24, 2.45) is 7.05 Å². The number of methoxy groups -OCH3 is 1. The number of amides is 2. The number of rotatable bonds is 11. The van der Waals surface area contributed by atoms with Gasteiger partial charge in [-0.3, -0.25) is 4.79 Å². The second-order valence-corrected chi connectivity index (χ2v) is 10.7. The molecule has 10 nitrogen and oxygen atoms in total. The van der Waals surface area contributed by atoms with Crippen LogP contribution in [0.3, 0.4) is 0 Å². The van der Waals surface area contributed by atoms with E-state index in [1.165, 1.54) is 18.2 Å². The van der Waals surface area contributed by atoms with Gasteiger partial charge < -0.3 is 20.2 Å². The van der Waals surface area contributed by atoms with Crippen LogP contribution in [0, 0.1) is 16.7 Å². The average molecular weight is 649 g/mol. The maximum absolute atomic E-state index is 14.6. The van der Waals surface area contributed by atoms with E-state index in [-0.39, 0.29) is 48.4 Å². The zero-order valence-electron chi connectivity index (χ0n) is 23.9. The van der Waals surface area contributed by atoms with E-state index in [0.29, 0.717) is 11.8 Å². The van der Waals surface area contributed by atoms with Crippen LogP contribution in [0.4, 0.5) is 37.0 Å². The van der Waals surface area contributed by atoms with E-state index >= 15 is 0 Å². The van der Waals surface area contributed by atoms with Crippen molar-refractivity contribution < 1.29 is 45.4 Å². The van der Waals surface area contributed by atoms with Crippen LogP contribution < -0.4 is 10.1 Å². The summed E-state index contributed by atoms with van der Waals surface area (Å²) in [5.74, 6) is -10.9. The number of nitriles is 1. The Balaban J connectivity index is 2.11. The number of allylic oxidation sites excluding steroid dienone is 1. The average Bonchev–Trinajstić information content (AvgIpc) is 3.66. The van der Waals surface area contributed by atoms with Crippen LogP contribution in [0.2, 0.25) is 5.02 Å². The molecule has 3 rings (SSSR count). The molecular formula is C27H27ClF6N6O4. The molecule has 1 aromatic heterocycles. The monoisotopic (exact) mass is 648 g/mol. The Morgan fingerprint density at radius 2 is 1.82 bits per heavy atom. The molecule has 0 atom stereocenters. The van der Waals surface area contributed by atoms with Gasteiger partial charge in [-0.2, -0.15) is 19.1 Å². The van der Waals surface area contributed by atoms with Crippen LogP contribution in [0.25, 0.3) is 5.57 Å². The highest BCUT2D eigenvalue weighted by Gasteiger charge is 2.64. The first-order valence-electron chi connectivity index (χ1n) is 12.7. The van der Waals surface area contributed by atoms with Crippen LogP contribution in [0.1, 0.15) is 55.2 Å². The molecule has 0 spiro atoms. The number of anilines is 1. The topological polar surface area (TPSA) is 133 Å². The number of aryl methyl sites for hydroxylation is 1. The van der Waals surface area contributed by atoms with Gasteiger partial charge in [-0.05, 0) is 37.5 Å². The fourth-order valence-electron chi connectivity index (χ4n) is 4.38. The summed E-state index contributed by atoms with van der Waals surface area (Å²) in [6.45, 7) is -2.74. The fraction of sp³-hybridized carbons (Fsp3) is 0.444. The number of alkyl halides is 6. The normalized spacial score (nSPS) is 15.0. The van der Waals surface area contributed by atoms with E-state index in [1.807, 2.05) is 6.07 Å². The van der Waals surface area contributed by atoms with Crippen molar-refractivity contribution >= 4 is 41.2 Å². The van der Waals surface area contributed by atoms with E-state index < -0.39 is 58.7 Å². The Labute approximate surface area is 252 Å². The zero-order chi connectivity index (χ0) is 33.4. The molecule has 0 unspecified atom stereocenters. The number of aromatic nitrogens is 2. The highest BCUT2D eigenvalue weighted by molar-refractivity contribution is 6.34. The lowest BCUT2D eigenvalue weighted by Crippen LogP contribution is -2.53. The Hall–Kier alpha value is -4.26. The van der Waals surface area contributed by atoms with E-state index in [9.17, 15) is 41.2 Å². The Kier molecular flexibility index (Phi) is 9.36. The first kappa shape index (κ1) is 34.2. The summed E-state index contributed by atoms with van der Waals surface area (Å²) in [4.78, 5) is 26.4. The van der Waals surface area contributed by atoms with Gasteiger partial charge in [0.1, 0.15) is 16.6 Å². The predicted octanol–water partition coefficient (Wildman–Crippen LogP) is 6.61. The third kappa shape index (κ3) is 6.05. The molecule has 1 heterocycles. The van der Waals surface area contributed by atoms with Crippen molar-refractivity contribution in [2.75, 3.05) is 12.4 Å². The smallest absolute Gasteiger partial charge is 0.417 e. The van der Waals surface area contributed by atoms with Gasteiger partial charge in [-0.15, -0.1) is 0 Å². The number of hydrogen-bond acceptors (Lipinski definition) is 8. The Morgan fingerprint density at radius 1 is 1.23 bits per heavy atom. The molecule has 1 aliphatic carbocycles. The molecule has 0 radical (unpaired) electrons. The molecule has 1 saturated carbocycles. The molecule has 238 valence electrons. The quantitative estimate of drug-likeness (QED) is 0.207. The summed E-state index contributed by atoms with van der Waals surface area (Å²) in [5.41, 5.74) is -6.17. The molecule has 0 bridgehead atoms. The van der Waals surface area contributed by atoms with E-state index in [2.05, 4.69) is 19.9 Å². The number of hydrogen-bond donors (Lipinski definition) is 2. The minimum Gasteiger partial charge on any atom is -0.452 e. The van der Waals surface area contributed by atoms with Gasteiger partial charge in [-0.1, -0.05) is 17.7 Å². The number of carbonyl (C=O) groups is 2. The summed E-state index contributed by atoms with van der Waals surface area (Å²) >= 11 is 6.23. The fourth-order valence-corrected chi connectivity index (χ4v) is 4.58. The van der Waals surface area contributed by atoms with Crippen molar-refractivity contribution in [1.29, 1.82) is 10.7 Å². The number of imide groups is 1. The maximum atomic E-state index is 14.6. The van der Waals surface area contributed by atoms with Gasteiger partial charge in [-0.25, -0.2) is 31.9 Å². The predicted molar refractivity (Wildman–Crippen MR) is 146 cm³/mol. The van der Waals surface area contributed by atoms with E-state index in [4.69, 9.17) is 17.0 Å². The number of nitrogens with zero attached hydrogens (tertiary/aromatic N) is 4. The lowest BCUT2D eigenvalue weighted by Gasteiger charge is -2.38. The van der Waals surface area contributed by atoms with Gasteiger partial charge in [0, 0.05) is 38.9 Å². The molecule has 0 aliphatic heterocycles. The maximum Gasteiger partial charge on any atom is 0.417 e. The molecule has 2 amide bonds. The van der Waals surface area contributed by atoms with Crippen molar-refractivity contribution in [3.05, 3.63) is 46.2 Å². The van der Waals surface area contributed by atoms with Crippen LogP contribution in [0.15, 0.2) is 24.4 Å². The number of carbonyl (C=O) groups excluding carboxylic acids is 2. The zero-order valence-corrected chi connectivity index (χ0v) is 24.7. The molecule has 2 aromatic rings. The molecule has 1 fully saturated rings. The number of benzene rings is 1. The second kappa shape index (κ2) is 12.0. The molecule has 0 saturated heterocycles. The van der Waals surface area contributed by atoms with Gasteiger partial charge in [0.05, 0.1) is 23.8 Å². The number of nitrogens with one attached hydrogen (secondary N) is 2. The van der Waals surface area contributed by atoms with Gasteiger partial charge in [0.2, 0.25) is 0 Å². The Bertz CT molecular complexity index is 1520. The van der Waals surface area contributed by atoms with Crippen molar-refractivity contribution in [1.82, 2.24) is 14.7 Å². The first-order chi connectivity index (χ1) is 20.3. The lowest BCUT2D eigenvalue weighted by atomic mass is 9.75. The molecule has 44 heavy (non-hydrogen) atoms. The highest BCUT2D eigenvalue weighted by Crippen LogP contribution is 2.53. The van der Waals surface area contributed by atoms with Crippen molar-refractivity contribution in [3.63, 3.8) is 0 Å². The lowest BCUT2D eigenvalue weighted by molar-refractivity contribution is -0.173. The summed E-state index contributed by atoms with van der Waals surface area (Å²) in [6, 6.07) is 5.72. The molecule has 2 N–H and O–H groups in total. The van der Waals surface area contributed by atoms with Crippen molar-refractivity contribution in [3.8, 4) is 11.8 Å². The SMILES string of the molecule is COC(=O)N(C(=O)c1cc(/C(C=N)=C/Nc2c(OC(F)F)c(C(C)(C(C)(F)F)C(C)(F)F)nn2C)ccc1Cl)C1(C#N)CC1. The summed E-state index contributed by atoms with van der Waals surface area (Å²) < 4.78 is 95.2. The van der Waals surface area contributed by atoms with E-state index in [1.54, 1.807) is 0 Å². The van der Waals surface area contributed by atoms with Crippen LogP contribution in [-0.2, 0) is 17.2 Å². The van der Waals surface area contributed by atoms with Crippen LogP contribution >= 0.6 is 11.6 Å². The molecule has 1 aliphatic rings. The third-order valence-corrected chi connectivity index (χ3v) is 7.74. The largest absolute Gasteiger partial charge is 0.452 e. The van der Waals surface area contributed by atoms with Crippen LogP contribution in [0.5, 0.6) is 5.75 Å². The molecular weight excluding hydrogens is 622 g/mol. The number of ether oxygens (including phenoxy) is 2. The highest BCUT2D eigenvalue weighted by atomic mass is 35.5.